The largest absolute Gasteiger partial charge is 0.468 e. The fourth-order valence-electron chi connectivity index (χ4n) is 4.66. The fourth-order valence-corrected chi connectivity index (χ4v) is 4.92. The molecule has 0 spiro atoms. The van der Waals surface area contributed by atoms with Gasteiger partial charge in [-0.2, -0.15) is 5.26 Å². The van der Waals surface area contributed by atoms with Crippen molar-refractivity contribution in [2.75, 3.05) is 7.11 Å². The van der Waals surface area contributed by atoms with Gasteiger partial charge in [-0.1, -0.05) is 52.3 Å². The number of methoxy groups -OCH3 is 1. The smallest absolute Gasteiger partial charge is 0.329 e. The van der Waals surface area contributed by atoms with Crippen molar-refractivity contribution in [3.8, 4) is 6.07 Å². The van der Waals surface area contributed by atoms with Crippen LogP contribution in [0.3, 0.4) is 0 Å². The van der Waals surface area contributed by atoms with Gasteiger partial charge >= 0.3 is 5.97 Å². The Kier molecular flexibility index (Phi) is 4.67. The maximum Gasteiger partial charge on any atom is 0.329 e. The Morgan fingerprint density at radius 1 is 1.21 bits per heavy atom. The number of nitrogens with two attached hydrogens (primary N) is 1. The number of ether oxygens (including phenoxy) is 1. The molecule has 0 bridgehead atoms. The topological polar surface area (TPSA) is 96.4 Å². The highest BCUT2D eigenvalue weighted by atomic mass is 79.9. The Morgan fingerprint density at radius 2 is 1.90 bits per heavy atom. The zero-order chi connectivity index (χ0) is 20.8. The molecule has 0 radical (unpaired) electrons. The minimum Gasteiger partial charge on any atom is -0.468 e. The van der Waals surface area contributed by atoms with Gasteiger partial charge in [0.25, 0.3) is 0 Å². The molecular formula is C22H18BrN3O3. The number of amides is 1. The lowest BCUT2D eigenvalue weighted by Gasteiger charge is -2.35. The quantitative estimate of drug-likeness (QED) is 0.722. The Hall–Kier alpha value is -3.11. The SMILES string of the molecule is COC(=O)[C@@]1(C#N)C2c3ccccc3C=CN2[C@@H](C(N)=O)[C@@H]1c1ccc(Br)cc1. The number of primary amides is 1. The lowest BCUT2D eigenvalue weighted by Crippen LogP contribution is -2.42. The predicted octanol–water partition coefficient (Wildman–Crippen LogP) is 3.11. The zero-order valence-corrected chi connectivity index (χ0v) is 17.2. The molecule has 0 aliphatic carbocycles. The number of carbonyl (C=O) groups excluding carboxylic acids is 2. The first kappa shape index (κ1) is 19.2. The molecule has 6 nitrogen and oxygen atoms in total. The minimum absolute atomic E-state index is 0.604. The average molecular weight is 452 g/mol. The molecule has 2 heterocycles. The summed E-state index contributed by atoms with van der Waals surface area (Å²) in [7, 11) is 1.26. The van der Waals surface area contributed by atoms with Crippen LogP contribution in [0.1, 0.15) is 28.7 Å². The second-order valence-corrected chi connectivity index (χ2v) is 8.06. The Morgan fingerprint density at radius 3 is 2.52 bits per heavy atom. The summed E-state index contributed by atoms with van der Waals surface area (Å²) in [6.45, 7) is 0. The summed E-state index contributed by atoms with van der Waals surface area (Å²) in [6.07, 6.45) is 3.61. The van der Waals surface area contributed by atoms with Crippen LogP contribution in [-0.4, -0.2) is 29.9 Å². The minimum atomic E-state index is -1.65. The molecule has 4 rings (SSSR count). The van der Waals surface area contributed by atoms with Crippen LogP contribution in [0.2, 0.25) is 0 Å². The molecule has 2 aliphatic heterocycles. The van der Waals surface area contributed by atoms with Crippen molar-refractivity contribution >= 4 is 33.9 Å². The molecule has 146 valence electrons. The van der Waals surface area contributed by atoms with Crippen molar-refractivity contribution in [1.82, 2.24) is 4.90 Å². The van der Waals surface area contributed by atoms with Crippen LogP contribution < -0.4 is 5.73 Å². The van der Waals surface area contributed by atoms with Gasteiger partial charge in [0.05, 0.1) is 19.2 Å². The first-order valence-electron chi connectivity index (χ1n) is 9.04. The van der Waals surface area contributed by atoms with Crippen LogP contribution in [0.15, 0.2) is 59.2 Å². The molecule has 0 aromatic heterocycles. The van der Waals surface area contributed by atoms with Crippen LogP contribution in [-0.2, 0) is 14.3 Å². The lowest BCUT2D eigenvalue weighted by molar-refractivity contribution is -0.151. The number of fused-ring (bicyclic) bond motifs is 3. The first-order chi connectivity index (χ1) is 14.0. The van der Waals surface area contributed by atoms with Crippen molar-refractivity contribution in [1.29, 1.82) is 5.26 Å². The van der Waals surface area contributed by atoms with Gasteiger partial charge in [0.1, 0.15) is 6.04 Å². The van der Waals surface area contributed by atoms with E-state index in [1.807, 2.05) is 42.5 Å². The van der Waals surface area contributed by atoms with Gasteiger partial charge in [-0.15, -0.1) is 0 Å². The number of rotatable bonds is 3. The third kappa shape index (κ3) is 2.67. The van der Waals surface area contributed by atoms with Crippen molar-refractivity contribution in [2.45, 2.75) is 18.0 Å². The van der Waals surface area contributed by atoms with Gasteiger partial charge in [0.2, 0.25) is 5.91 Å². The molecule has 1 fully saturated rings. The van der Waals surface area contributed by atoms with E-state index in [-0.39, 0.29) is 0 Å². The van der Waals surface area contributed by atoms with E-state index in [9.17, 15) is 14.9 Å². The summed E-state index contributed by atoms with van der Waals surface area (Å²) in [4.78, 5) is 27.5. The van der Waals surface area contributed by atoms with Crippen LogP contribution in [0.4, 0.5) is 0 Å². The fraction of sp³-hybridized carbons (Fsp3) is 0.227. The number of esters is 1. The van der Waals surface area contributed by atoms with Gasteiger partial charge < -0.3 is 15.4 Å². The highest BCUT2D eigenvalue weighted by Gasteiger charge is 2.67. The number of halogens is 1. The molecule has 0 saturated carbocycles. The van der Waals surface area contributed by atoms with Crippen molar-refractivity contribution in [2.24, 2.45) is 11.1 Å². The van der Waals surface area contributed by atoms with Gasteiger partial charge in [0, 0.05) is 16.6 Å². The summed E-state index contributed by atoms with van der Waals surface area (Å²) in [5.74, 6) is -2.09. The Labute approximate surface area is 176 Å². The van der Waals surface area contributed by atoms with Crippen molar-refractivity contribution in [3.05, 3.63) is 75.9 Å². The Balaban J connectivity index is 2.04. The predicted molar refractivity (Wildman–Crippen MR) is 110 cm³/mol. The molecule has 1 amide bonds. The normalized spacial score (nSPS) is 26.9. The summed E-state index contributed by atoms with van der Waals surface area (Å²) < 4.78 is 5.97. The van der Waals surface area contributed by atoms with E-state index in [0.29, 0.717) is 5.56 Å². The number of nitriles is 1. The number of carbonyl (C=O) groups is 2. The molecule has 2 N–H and O–H groups in total. The molecule has 2 aliphatic rings. The maximum absolute atomic E-state index is 13.2. The van der Waals surface area contributed by atoms with E-state index in [4.69, 9.17) is 10.5 Å². The van der Waals surface area contributed by atoms with Crippen molar-refractivity contribution < 1.29 is 14.3 Å². The second kappa shape index (κ2) is 7.05. The van der Waals surface area contributed by atoms with Gasteiger partial charge in [0.15, 0.2) is 5.41 Å². The van der Waals surface area contributed by atoms with E-state index >= 15 is 0 Å². The van der Waals surface area contributed by atoms with Crippen LogP contribution in [0.5, 0.6) is 0 Å². The van der Waals surface area contributed by atoms with E-state index in [1.165, 1.54) is 7.11 Å². The molecule has 2 aromatic carbocycles. The molecule has 7 heteroatoms. The first-order valence-corrected chi connectivity index (χ1v) is 9.84. The van der Waals surface area contributed by atoms with E-state index in [0.717, 1.165) is 15.6 Å². The van der Waals surface area contributed by atoms with Gasteiger partial charge in [-0.25, -0.2) is 0 Å². The zero-order valence-electron chi connectivity index (χ0n) is 15.6. The van der Waals surface area contributed by atoms with Gasteiger partial charge in [-0.05, 0) is 34.9 Å². The third-order valence-corrected chi connectivity index (χ3v) is 6.33. The summed E-state index contributed by atoms with van der Waals surface area (Å²) in [5, 5.41) is 10.4. The molecule has 4 atom stereocenters. The van der Waals surface area contributed by atoms with Gasteiger partial charge in [-0.3, -0.25) is 9.59 Å². The number of nitrogens with zero attached hydrogens (tertiary/aromatic N) is 2. The van der Waals surface area contributed by atoms with Crippen molar-refractivity contribution in [3.63, 3.8) is 0 Å². The molecule has 1 unspecified atom stereocenters. The van der Waals surface area contributed by atoms with E-state index < -0.39 is 35.3 Å². The average Bonchev–Trinajstić information content (AvgIpc) is 3.05. The lowest BCUT2D eigenvalue weighted by atomic mass is 9.67. The molecule has 1 saturated heterocycles. The summed E-state index contributed by atoms with van der Waals surface area (Å²) in [5.41, 5.74) is 6.51. The number of hydrogen-bond acceptors (Lipinski definition) is 5. The highest BCUT2D eigenvalue weighted by molar-refractivity contribution is 9.10. The second-order valence-electron chi connectivity index (χ2n) is 7.14. The monoisotopic (exact) mass is 451 g/mol. The molecule has 29 heavy (non-hydrogen) atoms. The van der Waals surface area contributed by atoms with Crippen LogP contribution in [0.25, 0.3) is 6.08 Å². The summed E-state index contributed by atoms with van der Waals surface area (Å²) in [6, 6.07) is 15.4. The third-order valence-electron chi connectivity index (χ3n) is 5.80. The van der Waals surface area contributed by atoms with E-state index in [2.05, 4.69) is 22.0 Å². The molecule has 2 aromatic rings. The highest BCUT2D eigenvalue weighted by Crippen LogP contribution is 2.60. The summed E-state index contributed by atoms with van der Waals surface area (Å²) >= 11 is 3.40. The maximum atomic E-state index is 13.2. The van der Waals surface area contributed by atoms with Crippen LogP contribution in [0, 0.1) is 16.7 Å². The number of hydrogen-bond donors (Lipinski definition) is 1. The number of benzene rings is 2. The molecular weight excluding hydrogens is 434 g/mol. The van der Waals surface area contributed by atoms with E-state index in [1.54, 1.807) is 23.2 Å². The van der Waals surface area contributed by atoms with Crippen LogP contribution >= 0.6 is 15.9 Å². The Bertz CT molecular complexity index is 1060. The standard InChI is InChI=1S/C22H18BrN3O3/c1-29-21(28)22(12-24)17(14-6-8-15(23)9-7-14)18(20(25)27)26-11-10-13-4-2-3-5-16(13)19(22)26/h2-11,17-19H,1H3,(H2,25,27)/t17-,18+,19?,22+/m0/s1.